The van der Waals surface area contributed by atoms with Crippen LogP contribution in [0, 0.1) is 29.6 Å². The Morgan fingerprint density at radius 3 is 2.83 bits per heavy atom. The molecule has 0 spiro atoms. The van der Waals surface area contributed by atoms with E-state index in [9.17, 15) is 10.2 Å². The molecule has 1 aromatic rings. The van der Waals surface area contributed by atoms with Gasteiger partial charge in [-0.05, 0) is 67.2 Å². The molecule has 0 aromatic heterocycles. The van der Waals surface area contributed by atoms with Crippen molar-refractivity contribution in [2.24, 2.45) is 17.3 Å². The first-order valence-corrected chi connectivity index (χ1v) is 8.98. The summed E-state index contributed by atoms with van der Waals surface area (Å²) >= 11 is 0. The number of fused-ring (bicyclic) bond motifs is 5. The second-order valence-electron chi connectivity index (χ2n) is 8.16. The molecule has 4 rings (SSSR count). The van der Waals surface area contributed by atoms with Crippen molar-refractivity contribution in [1.82, 2.24) is 0 Å². The van der Waals surface area contributed by atoms with Crippen LogP contribution in [-0.2, 0) is 11.2 Å². The standard InChI is InChI=1S/C21H26O3/c1-4-21(23)10-9-17-16-7-5-13-11-14(22)6-8-15(13)19(16)18(24-3)12-20(17,21)2/h1,6,8,11,16-19,22-23H,5,7,9-10,12H2,2-3H3/t16-,17-,18-,19+,20-,21-/m0/s1. The predicted octanol–water partition coefficient (Wildman–Crippen LogP) is 3.24. The van der Waals surface area contributed by atoms with E-state index in [0.29, 0.717) is 29.9 Å². The van der Waals surface area contributed by atoms with Gasteiger partial charge in [0.05, 0.1) is 6.10 Å². The van der Waals surface area contributed by atoms with Crippen LogP contribution < -0.4 is 0 Å². The molecule has 3 nitrogen and oxygen atoms in total. The molecule has 3 heteroatoms. The summed E-state index contributed by atoms with van der Waals surface area (Å²) in [4.78, 5) is 0. The summed E-state index contributed by atoms with van der Waals surface area (Å²) in [5.74, 6) is 4.29. The van der Waals surface area contributed by atoms with Gasteiger partial charge in [-0.15, -0.1) is 6.42 Å². The molecule has 3 aliphatic carbocycles. The maximum absolute atomic E-state index is 11.1. The molecular weight excluding hydrogens is 300 g/mol. The van der Waals surface area contributed by atoms with Crippen molar-refractivity contribution in [2.75, 3.05) is 7.11 Å². The third kappa shape index (κ3) is 1.93. The number of phenolic OH excluding ortho intramolecular Hbond substituents is 1. The van der Waals surface area contributed by atoms with Crippen molar-refractivity contribution < 1.29 is 14.9 Å². The summed E-state index contributed by atoms with van der Waals surface area (Å²) in [5.41, 5.74) is 1.26. The largest absolute Gasteiger partial charge is 0.508 e. The van der Waals surface area contributed by atoms with Crippen molar-refractivity contribution in [3.63, 3.8) is 0 Å². The molecule has 2 fully saturated rings. The van der Waals surface area contributed by atoms with E-state index < -0.39 is 5.60 Å². The van der Waals surface area contributed by atoms with Crippen LogP contribution in [0.25, 0.3) is 0 Å². The molecule has 3 aliphatic rings. The summed E-state index contributed by atoms with van der Waals surface area (Å²) in [6.45, 7) is 2.17. The number of methoxy groups -OCH3 is 1. The second kappa shape index (κ2) is 5.25. The third-order valence-electron chi connectivity index (χ3n) is 7.36. The van der Waals surface area contributed by atoms with Gasteiger partial charge in [-0.3, -0.25) is 0 Å². The van der Waals surface area contributed by atoms with Gasteiger partial charge in [-0.1, -0.05) is 18.9 Å². The fraction of sp³-hybridized carbons (Fsp3) is 0.619. The summed E-state index contributed by atoms with van der Waals surface area (Å²) in [6, 6.07) is 5.76. The number of benzene rings is 1. The number of aryl methyl sites for hydroxylation is 1. The molecule has 0 bridgehead atoms. The summed E-state index contributed by atoms with van der Waals surface area (Å²) in [7, 11) is 1.77. The number of phenols is 1. The fourth-order valence-electron chi connectivity index (χ4n) is 6.09. The summed E-state index contributed by atoms with van der Waals surface area (Å²) < 4.78 is 5.92. The number of terminal acetylenes is 1. The number of aliphatic hydroxyl groups is 1. The lowest BCUT2D eigenvalue weighted by Gasteiger charge is -2.54. The lowest BCUT2D eigenvalue weighted by atomic mass is 9.52. The number of hydrogen-bond acceptors (Lipinski definition) is 3. The Balaban J connectivity index is 1.80. The highest BCUT2D eigenvalue weighted by atomic mass is 16.5. The molecule has 1 aromatic carbocycles. The Hall–Kier alpha value is -1.50. The quantitative estimate of drug-likeness (QED) is 0.779. The zero-order valence-corrected chi connectivity index (χ0v) is 14.5. The molecule has 0 saturated heterocycles. The molecule has 0 heterocycles. The first-order chi connectivity index (χ1) is 11.4. The Bertz CT molecular complexity index is 706. The van der Waals surface area contributed by atoms with Gasteiger partial charge in [0, 0.05) is 18.4 Å². The maximum Gasteiger partial charge on any atom is 0.130 e. The molecule has 128 valence electrons. The van der Waals surface area contributed by atoms with Crippen molar-refractivity contribution in [3.05, 3.63) is 29.3 Å². The van der Waals surface area contributed by atoms with Gasteiger partial charge in [0.25, 0.3) is 0 Å². The van der Waals surface area contributed by atoms with E-state index in [-0.39, 0.29) is 11.5 Å². The lowest BCUT2D eigenvalue weighted by Crippen LogP contribution is -2.54. The minimum Gasteiger partial charge on any atom is -0.508 e. The van der Waals surface area contributed by atoms with Crippen molar-refractivity contribution in [1.29, 1.82) is 0 Å². The Kier molecular flexibility index (Phi) is 3.50. The molecule has 0 unspecified atom stereocenters. The molecular formula is C21H26O3. The van der Waals surface area contributed by atoms with E-state index >= 15 is 0 Å². The van der Waals surface area contributed by atoms with Crippen LogP contribution in [-0.4, -0.2) is 29.0 Å². The van der Waals surface area contributed by atoms with Crippen LogP contribution in [0.4, 0.5) is 0 Å². The molecule has 6 atom stereocenters. The monoisotopic (exact) mass is 326 g/mol. The number of ether oxygens (including phenoxy) is 1. The first-order valence-electron chi connectivity index (χ1n) is 8.98. The van der Waals surface area contributed by atoms with Crippen LogP contribution in [0.1, 0.15) is 49.7 Å². The van der Waals surface area contributed by atoms with Gasteiger partial charge in [-0.2, -0.15) is 0 Å². The first kappa shape index (κ1) is 16.0. The molecule has 0 amide bonds. The lowest BCUT2D eigenvalue weighted by molar-refractivity contribution is -0.116. The third-order valence-corrected chi connectivity index (χ3v) is 7.36. The van der Waals surface area contributed by atoms with E-state index in [1.807, 2.05) is 6.07 Å². The topological polar surface area (TPSA) is 49.7 Å². The number of aromatic hydroxyl groups is 1. The van der Waals surface area contributed by atoms with Crippen LogP contribution in [0.5, 0.6) is 5.75 Å². The SMILES string of the molecule is C#C[C@]1(O)CC[C@H]2[C@@H]3CCc4cc(O)ccc4[C@H]3[C@@H](OC)C[C@@]21C. The maximum atomic E-state index is 11.1. The number of rotatable bonds is 1. The molecule has 2 saturated carbocycles. The predicted molar refractivity (Wildman–Crippen MR) is 92.7 cm³/mol. The van der Waals surface area contributed by atoms with Crippen LogP contribution in [0.2, 0.25) is 0 Å². The van der Waals surface area contributed by atoms with E-state index in [1.165, 1.54) is 11.1 Å². The molecule has 0 radical (unpaired) electrons. The zero-order chi connectivity index (χ0) is 17.1. The minimum absolute atomic E-state index is 0.0535. The number of hydrogen-bond donors (Lipinski definition) is 2. The Morgan fingerprint density at radius 2 is 2.12 bits per heavy atom. The van der Waals surface area contributed by atoms with Crippen LogP contribution in [0.15, 0.2) is 18.2 Å². The average molecular weight is 326 g/mol. The van der Waals surface area contributed by atoms with Gasteiger partial charge >= 0.3 is 0 Å². The van der Waals surface area contributed by atoms with Crippen molar-refractivity contribution in [3.8, 4) is 18.1 Å². The zero-order valence-electron chi connectivity index (χ0n) is 14.5. The molecule has 0 aliphatic heterocycles. The van der Waals surface area contributed by atoms with E-state index in [4.69, 9.17) is 11.2 Å². The summed E-state index contributed by atoms with van der Waals surface area (Å²) in [5, 5.41) is 20.9. The average Bonchev–Trinajstić information content (AvgIpc) is 2.85. The van der Waals surface area contributed by atoms with Crippen molar-refractivity contribution >= 4 is 0 Å². The van der Waals surface area contributed by atoms with Crippen LogP contribution in [0.3, 0.4) is 0 Å². The van der Waals surface area contributed by atoms with E-state index in [1.54, 1.807) is 13.2 Å². The Labute approximate surface area is 144 Å². The van der Waals surface area contributed by atoms with Crippen molar-refractivity contribution in [2.45, 2.75) is 56.7 Å². The smallest absolute Gasteiger partial charge is 0.130 e. The fourth-order valence-corrected chi connectivity index (χ4v) is 6.09. The van der Waals surface area contributed by atoms with Gasteiger partial charge in [-0.25, -0.2) is 0 Å². The van der Waals surface area contributed by atoms with Gasteiger partial charge in [0.2, 0.25) is 0 Å². The highest BCUT2D eigenvalue weighted by Gasteiger charge is 2.63. The summed E-state index contributed by atoms with van der Waals surface area (Å²) in [6.07, 6.45) is 10.3. The van der Waals surface area contributed by atoms with Crippen LogP contribution >= 0.6 is 0 Å². The second-order valence-corrected chi connectivity index (χ2v) is 8.16. The molecule has 24 heavy (non-hydrogen) atoms. The normalized spacial score (nSPS) is 43.4. The van der Waals surface area contributed by atoms with Gasteiger partial charge in [0.15, 0.2) is 0 Å². The minimum atomic E-state index is -1.02. The molecule has 2 N–H and O–H groups in total. The van der Waals surface area contributed by atoms with Gasteiger partial charge in [0.1, 0.15) is 11.4 Å². The van der Waals surface area contributed by atoms with Gasteiger partial charge < -0.3 is 14.9 Å². The van der Waals surface area contributed by atoms with E-state index in [2.05, 4.69) is 18.9 Å². The van der Waals surface area contributed by atoms with E-state index in [0.717, 1.165) is 25.7 Å². The highest BCUT2D eigenvalue weighted by Crippen LogP contribution is 2.64. The highest BCUT2D eigenvalue weighted by molar-refractivity contribution is 5.41. The Morgan fingerprint density at radius 1 is 1.33 bits per heavy atom.